The highest BCUT2D eigenvalue weighted by Gasteiger charge is 2.16. The highest BCUT2D eigenvalue weighted by molar-refractivity contribution is 5.84. The molecule has 0 saturated heterocycles. The minimum Gasteiger partial charge on any atom is -0.387 e. The topological polar surface area (TPSA) is 45.2 Å². The van der Waals surface area contributed by atoms with Gasteiger partial charge >= 0.3 is 0 Å². The maximum Gasteiger partial charge on any atom is 0.0935 e. The number of pyridine rings is 1. The summed E-state index contributed by atoms with van der Waals surface area (Å²) in [4.78, 5) is 4.42. The Balaban J connectivity index is 2.32. The summed E-state index contributed by atoms with van der Waals surface area (Å²) in [5, 5.41) is 14.8. The van der Waals surface area contributed by atoms with E-state index in [9.17, 15) is 5.11 Å². The molecule has 2 aromatic rings. The molecule has 0 amide bonds. The van der Waals surface area contributed by atoms with E-state index in [4.69, 9.17) is 0 Å². The van der Waals surface area contributed by atoms with Crippen LogP contribution >= 0.6 is 0 Å². The first-order valence-electron chi connectivity index (χ1n) is 6.66. The predicted molar refractivity (Wildman–Crippen MR) is 79.2 cm³/mol. The molecule has 2 rings (SSSR count). The number of aliphatic hydroxyl groups excluding tert-OH is 1. The van der Waals surface area contributed by atoms with E-state index in [2.05, 4.69) is 38.0 Å². The number of benzene rings is 1. The summed E-state index contributed by atoms with van der Waals surface area (Å²) in [6.07, 6.45) is 1.25. The molecule has 1 atom stereocenters. The first kappa shape index (κ1) is 14.0. The molecule has 102 valence electrons. The van der Waals surface area contributed by atoms with E-state index in [1.807, 2.05) is 24.3 Å². The second-order valence-corrected chi connectivity index (χ2v) is 6.02. The maximum atomic E-state index is 10.4. The molecule has 2 N–H and O–H groups in total. The van der Waals surface area contributed by atoms with E-state index in [1.54, 1.807) is 6.20 Å². The van der Waals surface area contributed by atoms with Crippen LogP contribution in [-0.2, 0) is 0 Å². The van der Waals surface area contributed by atoms with Crippen molar-refractivity contribution in [2.75, 3.05) is 6.54 Å². The summed E-state index contributed by atoms with van der Waals surface area (Å²) >= 11 is 0. The third-order valence-corrected chi connectivity index (χ3v) is 3.20. The molecule has 0 saturated carbocycles. The Hall–Kier alpha value is -1.45. The molecule has 3 heteroatoms. The summed E-state index contributed by atoms with van der Waals surface area (Å²) in [6.45, 7) is 8.85. The van der Waals surface area contributed by atoms with Gasteiger partial charge in [0.1, 0.15) is 0 Å². The van der Waals surface area contributed by atoms with Crippen molar-refractivity contribution in [1.29, 1.82) is 0 Å². The number of para-hydroxylation sites is 1. The fourth-order valence-electron chi connectivity index (χ4n) is 2.12. The summed E-state index contributed by atoms with van der Waals surface area (Å²) in [5.41, 5.74) is 2.96. The Morgan fingerprint density at radius 1 is 1.26 bits per heavy atom. The Morgan fingerprint density at radius 3 is 2.68 bits per heavy atom. The van der Waals surface area contributed by atoms with Crippen LogP contribution in [0.15, 0.2) is 30.5 Å². The van der Waals surface area contributed by atoms with Gasteiger partial charge in [-0.05, 0) is 39.3 Å². The van der Waals surface area contributed by atoms with Crippen molar-refractivity contribution in [3.63, 3.8) is 0 Å². The monoisotopic (exact) mass is 258 g/mol. The van der Waals surface area contributed by atoms with E-state index in [-0.39, 0.29) is 5.54 Å². The van der Waals surface area contributed by atoms with Crippen LogP contribution in [0, 0.1) is 6.92 Å². The number of nitrogens with one attached hydrogen (secondary N) is 1. The third kappa shape index (κ3) is 3.31. The van der Waals surface area contributed by atoms with Gasteiger partial charge in [0, 0.05) is 29.2 Å². The van der Waals surface area contributed by atoms with Crippen LogP contribution < -0.4 is 5.32 Å². The first-order valence-corrected chi connectivity index (χ1v) is 6.66. The minimum atomic E-state index is -0.544. The van der Waals surface area contributed by atoms with Gasteiger partial charge in [-0.1, -0.05) is 18.2 Å². The van der Waals surface area contributed by atoms with E-state index >= 15 is 0 Å². The molecule has 19 heavy (non-hydrogen) atoms. The van der Waals surface area contributed by atoms with Crippen molar-refractivity contribution in [3.8, 4) is 0 Å². The number of hydrogen-bond donors (Lipinski definition) is 2. The van der Waals surface area contributed by atoms with Gasteiger partial charge in [-0.25, -0.2) is 0 Å². The van der Waals surface area contributed by atoms with Crippen LogP contribution in [0.3, 0.4) is 0 Å². The highest BCUT2D eigenvalue weighted by Crippen LogP contribution is 2.24. The SMILES string of the molecule is Cc1ccnc2c([C@H](O)CNC(C)(C)C)cccc12. The zero-order chi connectivity index (χ0) is 14.0. The lowest BCUT2D eigenvalue weighted by molar-refractivity contribution is 0.164. The number of aliphatic hydroxyl groups is 1. The van der Waals surface area contributed by atoms with Crippen LogP contribution in [0.2, 0.25) is 0 Å². The molecule has 0 aliphatic rings. The van der Waals surface area contributed by atoms with Crippen molar-refractivity contribution in [1.82, 2.24) is 10.3 Å². The summed E-state index contributed by atoms with van der Waals surface area (Å²) in [5.74, 6) is 0. The van der Waals surface area contributed by atoms with Crippen LogP contribution in [-0.4, -0.2) is 22.2 Å². The van der Waals surface area contributed by atoms with Gasteiger partial charge in [0.05, 0.1) is 11.6 Å². The van der Waals surface area contributed by atoms with E-state index in [0.717, 1.165) is 16.5 Å². The Morgan fingerprint density at radius 2 is 2.00 bits per heavy atom. The van der Waals surface area contributed by atoms with Gasteiger partial charge in [0.25, 0.3) is 0 Å². The molecule has 0 unspecified atom stereocenters. The summed E-state index contributed by atoms with van der Waals surface area (Å²) in [7, 11) is 0. The van der Waals surface area contributed by atoms with Crippen molar-refractivity contribution < 1.29 is 5.11 Å². The summed E-state index contributed by atoms with van der Waals surface area (Å²) < 4.78 is 0. The standard InChI is InChI=1S/C16H22N2O/c1-11-8-9-17-15-12(11)6-5-7-13(15)14(19)10-18-16(2,3)4/h5-9,14,18-19H,10H2,1-4H3/t14-/m1/s1. The van der Waals surface area contributed by atoms with Crippen LogP contribution in [0.5, 0.6) is 0 Å². The average molecular weight is 258 g/mol. The molecule has 1 aromatic heterocycles. The smallest absolute Gasteiger partial charge is 0.0935 e. The molecule has 0 aliphatic carbocycles. The molecular formula is C16H22N2O. The fraction of sp³-hybridized carbons (Fsp3) is 0.438. The second-order valence-electron chi connectivity index (χ2n) is 6.02. The van der Waals surface area contributed by atoms with Crippen molar-refractivity contribution >= 4 is 10.9 Å². The largest absolute Gasteiger partial charge is 0.387 e. The number of nitrogens with zero attached hydrogens (tertiary/aromatic N) is 1. The van der Waals surface area contributed by atoms with E-state index in [1.165, 1.54) is 5.56 Å². The molecular weight excluding hydrogens is 236 g/mol. The Kier molecular flexibility index (Phi) is 3.88. The third-order valence-electron chi connectivity index (χ3n) is 3.20. The molecule has 0 spiro atoms. The second kappa shape index (κ2) is 5.27. The molecule has 3 nitrogen and oxygen atoms in total. The molecule has 0 fully saturated rings. The fourth-order valence-corrected chi connectivity index (χ4v) is 2.12. The Bertz CT molecular complexity index is 572. The Labute approximate surface area is 114 Å². The number of β-amino-alcohol motifs (C(OH)–C–C–N with tert-alkyl or cyclic N) is 1. The summed E-state index contributed by atoms with van der Waals surface area (Å²) in [6, 6.07) is 7.97. The van der Waals surface area contributed by atoms with Gasteiger partial charge in [-0.3, -0.25) is 4.98 Å². The zero-order valence-electron chi connectivity index (χ0n) is 12.1. The van der Waals surface area contributed by atoms with Gasteiger partial charge in [0.15, 0.2) is 0 Å². The maximum absolute atomic E-state index is 10.4. The van der Waals surface area contributed by atoms with Crippen LogP contribution in [0.25, 0.3) is 10.9 Å². The zero-order valence-corrected chi connectivity index (χ0v) is 12.1. The van der Waals surface area contributed by atoms with Crippen LogP contribution in [0.1, 0.15) is 38.0 Å². The van der Waals surface area contributed by atoms with E-state index in [0.29, 0.717) is 6.54 Å². The van der Waals surface area contributed by atoms with Gasteiger partial charge in [-0.2, -0.15) is 0 Å². The van der Waals surface area contributed by atoms with Crippen molar-refractivity contribution in [3.05, 3.63) is 41.6 Å². The van der Waals surface area contributed by atoms with E-state index < -0.39 is 6.10 Å². The lowest BCUT2D eigenvalue weighted by Gasteiger charge is -2.23. The number of fused-ring (bicyclic) bond motifs is 1. The van der Waals surface area contributed by atoms with Crippen molar-refractivity contribution in [2.24, 2.45) is 0 Å². The number of aryl methyl sites for hydroxylation is 1. The van der Waals surface area contributed by atoms with Crippen molar-refractivity contribution in [2.45, 2.75) is 39.3 Å². The van der Waals surface area contributed by atoms with Crippen LogP contribution in [0.4, 0.5) is 0 Å². The predicted octanol–water partition coefficient (Wildman–Crippen LogP) is 2.96. The van der Waals surface area contributed by atoms with Gasteiger partial charge < -0.3 is 10.4 Å². The van der Waals surface area contributed by atoms with Gasteiger partial charge in [0.2, 0.25) is 0 Å². The molecule has 1 heterocycles. The molecule has 1 aromatic carbocycles. The number of aromatic nitrogens is 1. The lowest BCUT2D eigenvalue weighted by Crippen LogP contribution is -2.38. The number of hydrogen-bond acceptors (Lipinski definition) is 3. The first-order chi connectivity index (χ1) is 8.88. The molecule has 0 aliphatic heterocycles. The normalized spacial score (nSPS) is 13.7. The quantitative estimate of drug-likeness (QED) is 0.889. The molecule has 0 radical (unpaired) electrons. The average Bonchev–Trinajstić information content (AvgIpc) is 2.35. The number of rotatable bonds is 3. The molecule has 0 bridgehead atoms. The lowest BCUT2D eigenvalue weighted by atomic mass is 10.0. The minimum absolute atomic E-state index is 0.00505. The highest BCUT2D eigenvalue weighted by atomic mass is 16.3. The van der Waals surface area contributed by atoms with Gasteiger partial charge in [-0.15, -0.1) is 0 Å².